The number of aromatic nitrogens is 2. The zero-order valence-corrected chi connectivity index (χ0v) is 13.8. The number of benzene rings is 1. The molecule has 108 valence electrons. The number of halogens is 2. The molecular weight excluding hydrogens is 340 g/mol. The molecule has 3 N–H and O–H groups in total. The second kappa shape index (κ2) is 6.61. The minimum Gasteiger partial charge on any atom is -0.377 e. The number of anilines is 1. The molecule has 4 nitrogen and oxygen atoms in total. The highest BCUT2D eigenvalue weighted by molar-refractivity contribution is 9.10. The van der Waals surface area contributed by atoms with Crippen molar-refractivity contribution in [2.75, 3.05) is 11.9 Å². The lowest BCUT2D eigenvalue weighted by molar-refractivity contribution is 0.531. The van der Waals surface area contributed by atoms with Crippen molar-refractivity contribution in [3.05, 3.63) is 45.7 Å². The zero-order chi connectivity index (χ0) is 14.7. The molecule has 2 aromatic rings. The van der Waals surface area contributed by atoms with Gasteiger partial charge in [-0.1, -0.05) is 11.6 Å². The fourth-order valence-electron chi connectivity index (χ4n) is 1.88. The highest BCUT2D eigenvalue weighted by Gasteiger charge is 2.13. The van der Waals surface area contributed by atoms with Crippen molar-refractivity contribution in [3.63, 3.8) is 0 Å². The number of nitrogens with one attached hydrogen (secondary N) is 1. The minimum absolute atomic E-state index is 0.0237. The van der Waals surface area contributed by atoms with Crippen molar-refractivity contribution in [2.45, 2.75) is 25.9 Å². The lowest BCUT2D eigenvalue weighted by Crippen LogP contribution is -2.20. The van der Waals surface area contributed by atoms with E-state index in [1.165, 1.54) is 0 Å². The quantitative estimate of drug-likeness (QED) is 0.850. The number of hydrogen-bond donors (Lipinski definition) is 2. The van der Waals surface area contributed by atoms with E-state index in [9.17, 15) is 0 Å². The monoisotopic (exact) mass is 356 g/mol. The van der Waals surface area contributed by atoms with E-state index in [4.69, 9.17) is 17.3 Å². The first-order chi connectivity index (χ1) is 9.51. The molecule has 1 aromatic carbocycles. The lowest BCUT2D eigenvalue weighted by Gasteiger charge is -2.17. The van der Waals surface area contributed by atoms with Crippen LogP contribution in [0.4, 0.5) is 5.69 Å². The number of nitrogens with two attached hydrogens (primary N) is 1. The molecule has 0 saturated heterocycles. The molecule has 0 saturated carbocycles. The number of rotatable bonds is 5. The average molecular weight is 358 g/mol. The molecule has 0 amide bonds. The largest absolute Gasteiger partial charge is 0.377 e. The SMILES string of the molecule is CC(C)n1cc(C(CN)Nc2ccc(Cl)c(Br)c2)cn1. The standard InChI is InChI=1S/C14H18BrClN4/c1-9(2)20-8-10(7-18-20)14(6-17)19-11-3-4-13(16)12(15)5-11/h3-5,7-9,14,19H,6,17H2,1-2H3. The van der Waals surface area contributed by atoms with Gasteiger partial charge in [-0.25, -0.2) is 0 Å². The van der Waals surface area contributed by atoms with Gasteiger partial charge in [0.15, 0.2) is 0 Å². The number of nitrogens with zero attached hydrogens (tertiary/aromatic N) is 2. The highest BCUT2D eigenvalue weighted by atomic mass is 79.9. The van der Waals surface area contributed by atoms with E-state index < -0.39 is 0 Å². The van der Waals surface area contributed by atoms with Crippen LogP contribution in [0.1, 0.15) is 31.5 Å². The first-order valence-corrected chi connectivity index (χ1v) is 7.64. The second-order valence-electron chi connectivity index (χ2n) is 4.91. The van der Waals surface area contributed by atoms with Crippen LogP contribution < -0.4 is 11.1 Å². The zero-order valence-electron chi connectivity index (χ0n) is 11.5. The second-order valence-corrected chi connectivity index (χ2v) is 6.17. The summed E-state index contributed by atoms with van der Waals surface area (Å²) in [5.41, 5.74) is 7.91. The van der Waals surface area contributed by atoms with Gasteiger partial charge in [0, 0.05) is 34.5 Å². The van der Waals surface area contributed by atoms with Crippen molar-refractivity contribution in [1.29, 1.82) is 0 Å². The average Bonchev–Trinajstić information content (AvgIpc) is 2.89. The maximum absolute atomic E-state index is 5.99. The van der Waals surface area contributed by atoms with Crippen molar-refractivity contribution in [1.82, 2.24) is 9.78 Å². The summed E-state index contributed by atoms with van der Waals surface area (Å²) < 4.78 is 2.79. The van der Waals surface area contributed by atoms with E-state index in [2.05, 4.69) is 40.2 Å². The van der Waals surface area contributed by atoms with Crippen LogP contribution in [0, 0.1) is 0 Å². The summed E-state index contributed by atoms with van der Waals surface area (Å²) in [7, 11) is 0. The fraction of sp³-hybridized carbons (Fsp3) is 0.357. The van der Waals surface area contributed by atoms with E-state index >= 15 is 0 Å². The normalized spacial score (nSPS) is 12.7. The van der Waals surface area contributed by atoms with E-state index in [0.29, 0.717) is 17.6 Å². The molecule has 0 aliphatic rings. The Kier molecular flexibility index (Phi) is 5.07. The summed E-state index contributed by atoms with van der Waals surface area (Å²) in [6.07, 6.45) is 3.88. The van der Waals surface area contributed by atoms with Gasteiger partial charge in [-0.3, -0.25) is 4.68 Å². The van der Waals surface area contributed by atoms with E-state index in [0.717, 1.165) is 15.7 Å². The molecule has 0 radical (unpaired) electrons. The predicted molar refractivity (Wildman–Crippen MR) is 87.2 cm³/mol. The van der Waals surface area contributed by atoms with Crippen LogP contribution in [0.3, 0.4) is 0 Å². The Morgan fingerprint density at radius 3 is 2.75 bits per heavy atom. The van der Waals surface area contributed by atoms with Crippen LogP contribution in [0.15, 0.2) is 35.1 Å². The lowest BCUT2D eigenvalue weighted by atomic mass is 10.1. The van der Waals surface area contributed by atoms with Crippen molar-refractivity contribution >= 4 is 33.2 Å². The van der Waals surface area contributed by atoms with E-state index in [1.54, 1.807) is 0 Å². The summed E-state index contributed by atoms with van der Waals surface area (Å²) >= 11 is 9.41. The Morgan fingerprint density at radius 2 is 2.20 bits per heavy atom. The maximum Gasteiger partial charge on any atom is 0.0667 e. The van der Waals surface area contributed by atoms with Gasteiger partial charge < -0.3 is 11.1 Å². The van der Waals surface area contributed by atoms with E-state index in [1.807, 2.05) is 35.3 Å². The van der Waals surface area contributed by atoms with Gasteiger partial charge in [-0.05, 0) is 48.0 Å². The van der Waals surface area contributed by atoms with Crippen LogP contribution in [0.25, 0.3) is 0 Å². The summed E-state index contributed by atoms with van der Waals surface area (Å²) in [4.78, 5) is 0. The molecule has 1 heterocycles. The first-order valence-electron chi connectivity index (χ1n) is 6.47. The molecule has 20 heavy (non-hydrogen) atoms. The Bertz CT molecular complexity index is 582. The third-order valence-corrected chi connectivity index (χ3v) is 4.26. The molecule has 0 bridgehead atoms. The third kappa shape index (κ3) is 3.53. The summed E-state index contributed by atoms with van der Waals surface area (Å²) in [6.45, 7) is 4.68. The maximum atomic E-state index is 5.99. The summed E-state index contributed by atoms with van der Waals surface area (Å²) in [6, 6.07) is 6.09. The third-order valence-electron chi connectivity index (χ3n) is 3.05. The minimum atomic E-state index is 0.0237. The smallest absolute Gasteiger partial charge is 0.0667 e. The van der Waals surface area contributed by atoms with Crippen LogP contribution >= 0.6 is 27.5 Å². The van der Waals surface area contributed by atoms with Crippen LogP contribution in [-0.2, 0) is 0 Å². The molecule has 1 unspecified atom stereocenters. The molecule has 0 aliphatic heterocycles. The molecule has 2 rings (SSSR count). The van der Waals surface area contributed by atoms with Gasteiger partial charge in [0.05, 0.1) is 17.3 Å². The van der Waals surface area contributed by atoms with E-state index in [-0.39, 0.29) is 6.04 Å². The van der Waals surface area contributed by atoms with Gasteiger partial charge in [-0.15, -0.1) is 0 Å². The Hall–Kier alpha value is -1.04. The fourth-order valence-corrected chi connectivity index (χ4v) is 2.38. The first kappa shape index (κ1) is 15.4. The molecule has 0 fully saturated rings. The predicted octanol–water partition coefficient (Wildman–Crippen LogP) is 3.99. The van der Waals surface area contributed by atoms with Crippen LogP contribution in [0.2, 0.25) is 5.02 Å². The van der Waals surface area contributed by atoms with Gasteiger partial charge in [0.25, 0.3) is 0 Å². The van der Waals surface area contributed by atoms with Crippen molar-refractivity contribution in [3.8, 4) is 0 Å². The van der Waals surface area contributed by atoms with Crippen LogP contribution in [-0.4, -0.2) is 16.3 Å². The molecule has 0 spiro atoms. The van der Waals surface area contributed by atoms with Crippen molar-refractivity contribution in [2.24, 2.45) is 5.73 Å². The molecule has 1 atom stereocenters. The summed E-state index contributed by atoms with van der Waals surface area (Å²) in [5.74, 6) is 0. The Labute approximate surface area is 132 Å². The van der Waals surface area contributed by atoms with Gasteiger partial charge >= 0.3 is 0 Å². The molecule has 0 aliphatic carbocycles. The number of hydrogen-bond acceptors (Lipinski definition) is 3. The molecule has 6 heteroatoms. The Balaban J connectivity index is 2.17. The highest BCUT2D eigenvalue weighted by Crippen LogP contribution is 2.27. The van der Waals surface area contributed by atoms with Gasteiger partial charge in [0.1, 0.15) is 0 Å². The van der Waals surface area contributed by atoms with Crippen molar-refractivity contribution < 1.29 is 0 Å². The molecule has 1 aromatic heterocycles. The van der Waals surface area contributed by atoms with Gasteiger partial charge in [-0.2, -0.15) is 5.10 Å². The van der Waals surface area contributed by atoms with Gasteiger partial charge in [0.2, 0.25) is 0 Å². The topological polar surface area (TPSA) is 55.9 Å². The molecular formula is C14H18BrClN4. The Morgan fingerprint density at radius 1 is 1.45 bits per heavy atom. The summed E-state index contributed by atoms with van der Waals surface area (Å²) in [5, 5.41) is 8.43. The van der Waals surface area contributed by atoms with Crippen LogP contribution in [0.5, 0.6) is 0 Å².